The predicted octanol–water partition coefficient (Wildman–Crippen LogP) is 5.12. The molecule has 3 aromatic carbocycles. The number of rotatable bonds is 6. The first-order valence-corrected chi connectivity index (χ1v) is 8.81. The Morgan fingerprint density at radius 1 is 0.821 bits per heavy atom. The molecule has 28 heavy (non-hydrogen) atoms. The molecule has 0 radical (unpaired) electrons. The summed E-state index contributed by atoms with van der Waals surface area (Å²) in [5.74, 6) is 0.183. The van der Waals surface area contributed by atoms with E-state index in [0.29, 0.717) is 22.6 Å². The van der Waals surface area contributed by atoms with Gasteiger partial charge in [-0.1, -0.05) is 60.2 Å². The highest BCUT2D eigenvalue weighted by molar-refractivity contribution is 6.06. The Balaban J connectivity index is 1.74. The molecule has 0 aliphatic heterocycles. The van der Waals surface area contributed by atoms with Gasteiger partial charge in [0.1, 0.15) is 0 Å². The smallest absolute Gasteiger partial charge is 0.343 e. The van der Waals surface area contributed by atoms with Gasteiger partial charge in [-0.15, -0.1) is 0 Å². The molecule has 0 heterocycles. The van der Waals surface area contributed by atoms with Crippen molar-refractivity contribution in [1.29, 1.82) is 0 Å². The van der Waals surface area contributed by atoms with Crippen molar-refractivity contribution in [2.45, 2.75) is 6.92 Å². The number of hydrogen-bond donors (Lipinski definition) is 0. The zero-order chi connectivity index (χ0) is 19.9. The first kappa shape index (κ1) is 19.1. The van der Waals surface area contributed by atoms with E-state index in [0.717, 1.165) is 11.1 Å². The van der Waals surface area contributed by atoms with Crippen LogP contribution in [0.4, 0.5) is 0 Å². The van der Waals surface area contributed by atoms with Crippen LogP contribution in [0.1, 0.15) is 31.8 Å². The van der Waals surface area contributed by atoms with Gasteiger partial charge in [-0.05, 0) is 42.8 Å². The van der Waals surface area contributed by atoms with Crippen LogP contribution < -0.4 is 9.47 Å². The fourth-order valence-electron chi connectivity index (χ4n) is 2.59. The van der Waals surface area contributed by atoms with Crippen LogP contribution in [0.5, 0.6) is 11.5 Å². The lowest BCUT2D eigenvalue weighted by Crippen LogP contribution is -2.09. The van der Waals surface area contributed by atoms with Gasteiger partial charge in [-0.25, -0.2) is 4.79 Å². The fraction of sp³-hybridized carbons (Fsp3) is 0.0833. The topological polar surface area (TPSA) is 52.6 Å². The third kappa shape index (κ3) is 4.74. The average molecular weight is 372 g/mol. The molecular weight excluding hydrogens is 352 g/mol. The van der Waals surface area contributed by atoms with Crippen molar-refractivity contribution in [1.82, 2.24) is 0 Å². The van der Waals surface area contributed by atoms with Gasteiger partial charge in [0.05, 0.1) is 12.7 Å². The van der Waals surface area contributed by atoms with E-state index in [1.54, 1.807) is 60.7 Å². The van der Waals surface area contributed by atoms with Crippen LogP contribution in [0, 0.1) is 6.92 Å². The van der Waals surface area contributed by atoms with E-state index in [1.807, 2.05) is 25.1 Å². The summed E-state index contributed by atoms with van der Waals surface area (Å²) in [6.07, 6.45) is 3.21. The Labute approximate surface area is 164 Å². The molecule has 0 bridgehead atoms. The molecule has 0 amide bonds. The number of allylic oxidation sites excluding steroid dienone is 1. The maximum absolute atomic E-state index is 12.3. The molecule has 3 rings (SSSR count). The lowest BCUT2D eigenvalue weighted by atomic mass is 10.1. The standard InChI is InChI=1S/C24H20O4/c1-17-8-12-19(13-9-17)21(25)14-10-18-11-15-22(23(16-18)27-2)28-24(26)20-6-4-3-5-7-20/h3-16H,1-2H3/b14-10+. The first-order chi connectivity index (χ1) is 13.6. The number of hydrogen-bond acceptors (Lipinski definition) is 4. The Bertz CT molecular complexity index is 1000. The van der Waals surface area contributed by atoms with Crippen LogP contribution in [0.3, 0.4) is 0 Å². The van der Waals surface area contributed by atoms with Crippen molar-refractivity contribution in [3.63, 3.8) is 0 Å². The third-order valence-corrected chi connectivity index (χ3v) is 4.16. The molecule has 4 heteroatoms. The fourth-order valence-corrected chi connectivity index (χ4v) is 2.59. The van der Waals surface area contributed by atoms with Crippen LogP contribution >= 0.6 is 0 Å². The molecule has 0 fully saturated rings. The second kappa shape index (κ2) is 8.82. The highest BCUT2D eigenvalue weighted by Crippen LogP contribution is 2.29. The normalized spacial score (nSPS) is 10.6. The Hall–Kier alpha value is -3.66. The quantitative estimate of drug-likeness (QED) is 0.261. The number of benzene rings is 3. The SMILES string of the molecule is COc1cc(/C=C/C(=O)c2ccc(C)cc2)ccc1OC(=O)c1ccccc1. The van der Waals surface area contributed by atoms with Crippen LogP contribution in [0.15, 0.2) is 78.9 Å². The Morgan fingerprint density at radius 2 is 1.54 bits per heavy atom. The molecule has 140 valence electrons. The van der Waals surface area contributed by atoms with Gasteiger partial charge < -0.3 is 9.47 Å². The number of ether oxygens (including phenoxy) is 2. The molecule has 0 N–H and O–H groups in total. The molecule has 0 aliphatic rings. The van der Waals surface area contributed by atoms with Gasteiger partial charge in [0.25, 0.3) is 0 Å². The number of carbonyl (C=O) groups excluding carboxylic acids is 2. The zero-order valence-electron chi connectivity index (χ0n) is 15.7. The Morgan fingerprint density at radius 3 is 2.21 bits per heavy atom. The van der Waals surface area contributed by atoms with Gasteiger partial charge in [0.2, 0.25) is 0 Å². The van der Waals surface area contributed by atoms with Crippen molar-refractivity contribution in [2.24, 2.45) is 0 Å². The second-order valence-corrected chi connectivity index (χ2v) is 6.23. The highest BCUT2D eigenvalue weighted by atomic mass is 16.6. The molecular formula is C24H20O4. The minimum absolute atomic E-state index is 0.0847. The monoisotopic (exact) mass is 372 g/mol. The molecule has 0 saturated heterocycles. The van der Waals surface area contributed by atoms with Crippen LogP contribution in [-0.4, -0.2) is 18.9 Å². The lowest BCUT2D eigenvalue weighted by molar-refractivity contribution is 0.0729. The van der Waals surface area contributed by atoms with E-state index >= 15 is 0 Å². The summed E-state index contributed by atoms with van der Waals surface area (Å²) in [5.41, 5.74) is 2.95. The van der Waals surface area contributed by atoms with Crippen molar-refractivity contribution >= 4 is 17.8 Å². The number of aryl methyl sites for hydroxylation is 1. The maximum atomic E-state index is 12.3. The van der Waals surface area contributed by atoms with Gasteiger partial charge in [0.15, 0.2) is 17.3 Å². The molecule has 0 unspecified atom stereocenters. The minimum atomic E-state index is -0.461. The summed E-state index contributed by atoms with van der Waals surface area (Å²) in [6.45, 7) is 1.97. The Kier molecular flexibility index (Phi) is 6.02. The van der Waals surface area contributed by atoms with Crippen molar-refractivity contribution in [3.8, 4) is 11.5 Å². The van der Waals surface area contributed by atoms with E-state index in [9.17, 15) is 9.59 Å². The van der Waals surface area contributed by atoms with E-state index in [1.165, 1.54) is 13.2 Å². The number of carbonyl (C=O) groups is 2. The second-order valence-electron chi connectivity index (χ2n) is 6.23. The zero-order valence-corrected chi connectivity index (χ0v) is 15.7. The third-order valence-electron chi connectivity index (χ3n) is 4.16. The molecule has 0 aliphatic carbocycles. The summed E-state index contributed by atoms with van der Waals surface area (Å²) in [5, 5.41) is 0. The maximum Gasteiger partial charge on any atom is 0.343 e. The van der Waals surface area contributed by atoms with E-state index in [2.05, 4.69) is 0 Å². The van der Waals surface area contributed by atoms with Crippen molar-refractivity contribution in [3.05, 3.63) is 101 Å². The summed E-state index contributed by atoms with van der Waals surface area (Å²) < 4.78 is 10.8. The molecule has 0 spiro atoms. The molecule has 0 saturated carbocycles. The van der Waals surface area contributed by atoms with E-state index in [4.69, 9.17) is 9.47 Å². The minimum Gasteiger partial charge on any atom is -0.493 e. The van der Waals surface area contributed by atoms with Gasteiger partial charge in [0, 0.05) is 5.56 Å². The van der Waals surface area contributed by atoms with Crippen LogP contribution in [0.25, 0.3) is 6.08 Å². The molecule has 3 aromatic rings. The van der Waals surface area contributed by atoms with E-state index < -0.39 is 5.97 Å². The molecule has 0 atom stereocenters. The average Bonchev–Trinajstić information content (AvgIpc) is 2.73. The van der Waals surface area contributed by atoms with Crippen molar-refractivity contribution in [2.75, 3.05) is 7.11 Å². The largest absolute Gasteiger partial charge is 0.493 e. The van der Waals surface area contributed by atoms with Gasteiger partial charge >= 0.3 is 5.97 Å². The van der Waals surface area contributed by atoms with Gasteiger partial charge in [-0.2, -0.15) is 0 Å². The van der Waals surface area contributed by atoms with E-state index in [-0.39, 0.29) is 5.78 Å². The summed E-state index contributed by atoms with van der Waals surface area (Å²) in [7, 11) is 1.50. The number of ketones is 1. The predicted molar refractivity (Wildman–Crippen MR) is 109 cm³/mol. The first-order valence-electron chi connectivity index (χ1n) is 8.81. The highest BCUT2D eigenvalue weighted by Gasteiger charge is 2.12. The van der Waals surface area contributed by atoms with Crippen LogP contribution in [0.2, 0.25) is 0 Å². The van der Waals surface area contributed by atoms with Crippen LogP contribution in [-0.2, 0) is 0 Å². The summed E-state index contributed by atoms with van der Waals surface area (Å²) in [6, 6.07) is 21.3. The summed E-state index contributed by atoms with van der Waals surface area (Å²) >= 11 is 0. The lowest BCUT2D eigenvalue weighted by Gasteiger charge is -2.10. The van der Waals surface area contributed by atoms with Gasteiger partial charge in [-0.3, -0.25) is 4.79 Å². The number of methoxy groups -OCH3 is 1. The summed E-state index contributed by atoms with van der Waals surface area (Å²) in [4.78, 5) is 24.5. The number of esters is 1. The molecule has 4 nitrogen and oxygen atoms in total. The molecule has 0 aromatic heterocycles. The van der Waals surface area contributed by atoms with Crippen molar-refractivity contribution < 1.29 is 19.1 Å².